The molecule has 1 aliphatic carbocycles. The SMILES string of the molecule is CNC(=O)COc1cc2cc(Nc3nc(N4CCC(OC5CC(N6[C@@H](C)CN(c7ccc8c(c7)CN(C7CCC(=O)NC7=O)C8=O)C[C@@H]6C)C5)CC4)ncc3Cl)ccc2n(C(C)C)c1=O. The Bertz CT molecular complexity index is 2560. The van der Waals surface area contributed by atoms with Crippen molar-refractivity contribution in [1.29, 1.82) is 0 Å². The van der Waals surface area contributed by atoms with E-state index in [1.54, 1.807) is 21.7 Å². The Kier molecular flexibility index (Phi) is 12.5. The number of nitrogens with zero attached hydrogens (tertiary/aromatic N) is 7. The fourth-order valence-corrected chi connectivity index (χ4v) is 10.5. The summed E-state index contributed by atoms with van der Waals surface area (Å²) in [5, 5.41) is 9.36. The number of pyridine rings is 1. The Balaban J connectivity index is 0.761. The molecule has 2 aromatic heterocycles. The first-order chi connectivity index (χ1) is 31.2. The van der Waals surface area contributed by atoms with Gasteiger partial charge in [0.2, 0.25) is 17.8 Å². The minimum Gasteiger partial charge on any atom is -0.478 e. The third-order valence-electron chi connectivity index (χ3n) is 13.6. The number of piperazine rings is 1. The van der Waals surface area contributed by atoms with Gasteiger partial charge in [-0.05, 0) is 108 Å². The van der Waals surface area contributed by atoms with Gasteiger partial charge >= 0.3 is 0 Å². The van der Waals surface area contributed by atoms with E-state index >= 15 is 0 Å². The molecule has 1 unspecified atom stereocenters. The number of benzene rings is 2. The zero-order valence-corrected chi connectivity index (χ0v) is 38.3. The predicted molar refractivity (Wildman–Crippen MR) is 247 cm³/mol. The molecular weight excluding hydrogens is 852 g/mol. The Morgan fingerprint density at radius 2 is 1.71 bits per heavy atom. The zero-order valence-electron chi connectivity index (χ0n) is 37.5. The minimum absolute atomic E-state index is 0.0932. The fourth-order valence-electron chi connectivity index (χ4n) is 10.3. The first-order valence-electron chi connectivity index (χ1n) is 22.8. The highest BCUT2D eigenvalue weighted by atomic mass is 35.5. The second-order valence-corrected chi connectivity index (χ2v) is 18.8. The van der Waals surface area contributed by atoms with Crippen LogP contribution in [0.1, 0.15) is 88.2 Å². The van der Waals surface area contributed by atoms with Gasteiger partial charge in [-0.2, -0.15) is 4.98 Å². The van der Waals surface area contributed by atoms with Gasteiger partial charge in [-0.1, -0.05) is 11.6 Å². The summed E-state index contributed by atoms with van der Waals surface area (Å²) >= 11 is 6.62. The van der Waals surface area contributed by atoms with E-state index in [0.717, 1.165) is 74.0 Å². The van der Waals surface area contributed by atoms with E-state index in [1.807, 2.05) is 44.2 Å². The summed E-state index contributed by atoms with van der Waals surface area (Å²) in [4.78, 5) is 80.9. The number of fused-ring (bicyclic) bond motifs is 2. The number of ether oxygens (including phenoxy) is 2. The Morgan fingerprint density at radius 1 is 0.954 bits per heavy atom. The lowest BCUT2D eigenvalue weighted by Crippen LogP contribution is -2.63. The molecule has 3 saturated heterocycles. The van der Waals surface area contributed by atoms with Crippen LogP contribution >= 0.6 is 11.6 Å². The smallest absolute Gasteiger partial charge is 0.293 e. The van der Waals surface area contributed by atoms with Crippen molar-refractivity contribution >= 4 is 69.3 Å². The van der Waals surface area contributed by atoms with Gasteiger partial charge in [0.15, 0.2) is 18.2 Å². The van der Waals surface area contributed by atoms with E-state index in [-0.39, 0.29) is 60.3 Å². The number of piperidine rings is 2. The molecule has 9 rings (SSSR count). The minimum atomic E-state index is -0.620. The number of anilines is 4. The summed E-state index contributed by atoms with van der Waals surface area (Å²) in [6, 6.07) is 13.7. The van der Waals surface area contributed by atoms with E-state index in [2.05, 4.69) is 55.5 Å². The summed E-state index contributed by atoms with van der Waals surface area (Å²) in [6.07, 6.45) is 6.35. The van der Waals surface area contributed by atoms with Gasteiger partial charge in [-0.25, -0.2) is 4.98 Å². The molecule has 4 aliphatic heterocycles. The van der Waals surface area contributed by atoms with Crippen molar-refractivity contribution in [3.63, 3.8) is 0 Å². The first-order valence-corrected chi connectivity index (χ1v) is 23.1. The van der Waals surface area contributed by atoms with Crippen molar-refractivity contribution in [3.05, 3.63) is 75.2 Å². The number of carbonyl (C=O) groups is 4. The third kappa shape index (κ3) is 8.97. The van der Waals surface area contributed by atoms with Crippen LogP contribution in [0.4, 0.5) is 23.1 Å². The molecule has 4 aromatic rings. The molecule has 0 spiro atoms. The van der Waals surface area contributed by atoms with Gasteiger partial charge in [0.1, 0.15) is 11.1 Å². The molecule has 0 radical (unpaired) electrons. The second kappa shape index (κ2) is 18.2. The van der Waals surface area contributed by atoms with Crippen LogP contribution in [0, 0.1) is 0 Å². The maximum Gasteiger partial charge on any atom is 0.293 e. The number of hydrogen-bond acceptors (Lipinski definition) is 13. The Hall–Kier alpha value is -5.78. The summed E-state index contributed by atoms with van der Waals surface area (Å²) in [7, 11) is 1.52. The molecule has 3 atom stereocenters. The number of rotatable bonds is 12. The van der Waals surface area contributed by atoms with Gasteiger partial charge in [-0.3, -0.25) is 34.2 Å². The molecule has 5 aliphatic rings. The van der Waals surface area contributed by atoms with Crippen LogP contribution in [0.15, 0.2) is 53.5 Å². The zero-order chi connectivity index (χ0) is 45.7. The molecule has 1 saturated carbocycles. The van der Waals surface area contributed by atoms with Crippen molar-refractivity contribution < 1.29 is 28.7 Å². The molecule has 344 valence electrons. The topological polar surface area (TPSA) is 184 Å². The standard InChI is InChI=1S/C47H57ClN10O7/c1-26(2)57-38-9-6-31(16-29(38)18-40(46(57)63)64-25-42(60)49-5)51-43-37(48)21-50-47(53-43)54-14-12-34(13-15-54)65-35-19-33(20-35)58-27(3)22-55(23-28(58)4)32-7-8-36-30(17-32)24-56(45(36)62)39-10-11-41(59)52-44(39)61/h6-9,16-18,21,26-28,33-35,39H,10-15,19-20,22-25H2,1-5H3,(H,49,60)(H,50,51,53)(H,52,59,61)/t27-,28-,33?,35?,39?/m0/s1. The molecule has 17 nitrogen and oxygen atoms in total. The predicted octanol–water partition coefficient (Wildman–Crippen LogP) is 4.77. The molecule has 6 heterocycles. The number of amides is 4. The van der Waals surface area contributed by atoms with E-state index in [4.69, 9.17) is 26.1 Å². The molecule has 65 heavy (non-hydrogen) atoms. The Morgan fingerprint density at radius 3 is 2.42 bits per heavy atom. The number of imide groups is 1. The molecule has 4 amide bonds. The fraction of sp³-hybridized carbons (Fsp3) is 0.511. The molecule has 3 N–H and O–H groups in total. The lowest BCUT2D eigenvalue weighted by Gasteiger charge is -2.53. The van der Waals surface area contributed by atoms with Gasteiger partial charge in [-0.15, -0.1) is 0 Å². The summed E-state index contributed by atoms with van der Waals surface area (Å²) in [5.74, 6) is -0.0152. The molecule has 2 aromatic carbocycles. The summed E-state index contributed by atoms with van der Waals surface area (Å²) in [6.45, 7) is 11.8. The van der Waals surface area contributed by atoms with E-state index in [1.165, 1.54) is 7.05 Å². The van der Waals surface area contributed by atoms with Gasteiger partial charge in [0.05, 0.1) is 23.9 Å². The molecule has 4 fully saturated rings. The summed E-state index contributed by atoms with van der Waals surface area (Å²) < 4.78 is 14.0. The second-order valence-electron chi connectivity index (χ2n) is 18.4. The van der Waals surface area contributed by atoms with Crippen LogP contribution in [0.5, 0.6) is 5.75 Å². The van der Waals surface area contributed by atoms with Gasteiger partial charge in [0.25, 0.3) is 17.4 Å². The van der Waals surface area contributed by atoms with Crippen molar-refractivity contribution in [2.45, 2.75) is 115 Å². The lowest BCUT2D eigenvalue weighted by molar-refractivity contribution is -0.137. The number of aromatic nitrogens is 3. The highest BCUT2D eigenvalue weighted by Crippen LogP contribution is 2.38. The van der Waals surface area contributed by atoms with E-state index < -0.39 is 11.9 Å². The third-order valence-corrected chi connectivity index (χ3v) is 13.9. The average molecular weight is 909 g/mol. The van der Waals surface area contributed by atoms with Crippen molar-refractivity contribution in [3.8, 4) is 5.75 Å². The Labute approximate surface area is 382 Å². The van der Waals surface area contributed by atoms with Crippen LogP contribution in [0.25, 0.3) is 10.9 Å². The van der Waals surface area contributed by atoms with Crippen LogP contribution < -0.4 is 36.0 Å². The van der Waals surface area contributed by atoms with Crippen LogP contribution in [0.2, 0.25) is 5.02 Å². The normalized spacial score (nSPS) is 24.0. The van der Waals surface area contributed by atoms with Gasteiger partial charge < -0.3 is 39.4 Å². The molecular formula is C47H57ClN10O7. The largest absolute Gasteiger partial charge is 0.478 e. The molecule has 18 heteroatoms. The van der Waals surface area contributed by atoms with E-state index in [0.29, 0.717) is 59.1 Å². The van der Waals surface area contributed by atoms with E-state index in [9.17, 15) is 24.0 Å². The van der Waals surface area contributed by atoms with Gasteiger partial charge in [0, 0.05) is 92.7 Å². The number of carbonyl (C=O) groups excluding carboxylic acids is 4. The number of hydrogen-bond donors (Lipinski definition) is 3. The average Bonchev–Trinajstić information content (AvgIpc) is 3.59. The van der Waals surface area contributed by atoms with Crippen LogP contribution in [0.3, 0.4) is 0 Å². The maximum atomic E-state index is 13.3. The van der Waals surface area contributed by atoms with Crippen molar-refractivity contribution in [2.75, 3.05) is 55.0 Å². The lowest BCUT2D eigenvalue weighted by atomic mass is 9.84. The maximum absolute atomic E-state index is 13.3. The first kappa shape index (κ1) is 44.4. The quantitative estimate of drug-likeness (QED) is 0.166. The number of likely N-dealkylation sites (N-methyl/N-ethyl adjacent to an activating group) is 1. The number of nitrogens with one attached hydrogen (secondary N) is 3. The van der Waals surface area contributed by atoms with Crippen LogP contribution in [-0.2, 0) is 25.7 Å². The molecule has 0 bridgehead atoms. The van der Waals surface area contributed by atoms with Crippen molar-refractivity contribution in [1.82, 2.24) is 35.0 Å². The van der Waals surface area contributed by atoms with Crippen LogP contribution in [-0.4, -0.2) is 124 Å². The highest BCUT2D eigenvalue weighted by Gasteiger charge is 2.43. The van der Waals surface area contributed by atoms with Crippen molar-refractivity contribution in [2.24, 2.45) is 0 Å². The summed E-state index contributed by atoms with van der Waals surface area (Å²) in [5.41, 5.74) is 3.79. The monoisotopic (exact) mass is 908 g/mol. The highest BCUT2D eigenvalue weighted by molar-refractivity contribution is 6.33. The number of halogens is 1.